The predicted octanol–water partition coefficient (Wildman–Crippen LogP) is -9.95. The van der Waals surface area contributed by atoms with Crippen molar-refractivity contribution >= 4 is 59.4 Å². The Morgan fingerprint density at radius 2 is 1.39 bits per heavy atom. The van der Waals surface area contributed by atoms with Crippen molar-refractivity contribution in [2.45, 2.75) is 139 Å². The maximum atomic E-state index is 13.9. The van der Waals surface area contributed by atoms with Gasteiger partial charge in [0.2, 0.25) is 47.3 Å². The van der Waals surface area contributed by atoms with E-state index < -0.39 is 171 Å². The van der Waals surface area contributed by atoms with Gasteiger partial charge in [-0.25, -0.2) is 4.98 Å². The topological polar surface area (TPSA) is 488 Å². The minimum atomic E-state index is -1.86. The average Bonchev–Trinajstić information content (AvgIpc) is 4.07. The van der Waals surface area contributed by atoms with Crippen LogP contribution in [0.3, 0.4) is 0 Å². The molecule has 2 saturated heterocycles. The molecule has 31 heteroatoms. The maximum Gasteiger partial charge on any atom is 0.266 e. The number of H-pyrrole nitrogens is 1. The summed E-state index contributed by atoms with van der Waals surface area (Å²) in [5.41, 5.74) is 5.54. The minimum absolute atomic E-state index is 0.106. The van der Waals surface area contributed by atoms with Gasteiger partial charge in [-0.1, -0.05) is 25.4 Å². The lowest BCUT2D eigenvalue weighted by Crippen LogP contribution is -2.63. The van der Waals surface area contributed by atoms with Crippen molar-refractivity contribution < 1.29 is 93.6 Å². The molecule has 72 heavy (non-hydrogen) atoms. The van der Waals surface area contributed by atoms with E-state index in [0.717, 1.165) is 6.92 Å². The number of aromatic amines is 1. The monoisotopic (exact) mass is 1030 g/mol. The lowest BCUT2D eigenvalue weighted by atomic mass is 9.97. The Balaban J connectivity index is 1.69. The average molecular weight is 1030 g/mol. The van der Waals surface area contributed by atoms with E-state index in [4.69, 9.17) is 15.3 Å². The summed E-state index contributed by atoms with van der Waals surface area (Å²) in [5, 5.41) is 98.6. The lowest BCUT2D eigenvalue weighted by molar-refractivity contribution is -0.301. The van der Waals surface area contributed by atoms with Gasteiger partial charge in [0.15, 0.2) is 0 Å². The van der Waals surface area contributed by atoms with Crippen molar-refractivity contribution in [1.29, 1.82) is 0 Å². The number of nitrogens with two attached hydrogens (primary N) is 1. The number of aliphatic hydroxyl groups is 8. The van der Waals surface area contributed by atoms with Crippen LogP contribution in [-0.2, 0) is 59.1 Å². The molecule has 15 atom stereocenters. The Hall–Kier alpha value is -6.45. The fourth-order valence-electron chi connectivity index (χ4n) is 7.26. The fraction of sp³-hybridized carbons (Fsp3) is 0.683. The number of aliphatic hydroxyl groups excluding tert-OH is 8. The van der Waals surface area contributed by atoms with E-state index in [1.807, 2.05) is 5.32 Å². The number of nitrogens with zero attached hydrogens (tertiary/aromatic N) is 3. The number of amides is 9. The van der Waals surface area contributed by atoms with Crippen molar-refractivity contribution in [2.75, 3.05) is 33.0 Å². The molecule has 3 rings (SSSR count). The molecule has 404 valence electrons. The van der Waals surface area contributed by atoms with Crippen molar-refractivity contribution in [3.63, 3.8) is 0 Å². The number of primary amides is 1. The normalized spacial score (nSPS) is 23.6. The standard InChI is InChI=1S/C41H66N12O19/c1-5-17(2)28(51-36(66)24(14-56)50-35(65)23(13-55)47-27(59)11-45-72-41-32(62)31(61)30(60)26(15-57)71-41)38(68)52-29(19(4)58)39(69)48-21(9-20-10-43-16-44-20)34(64)46-18(3)40(70)53-8-6-7-25(53)37(67)49-22(12-54)33(42)63/h10-11,16-19,21-26,28-32,41,54-58,60-62H,5-9,12-15H2,1-4H3,(H2,42,63)(H,43,44)(H,46,64)(H,47,59)(H,48,69)(H,49,67)(H,50,65)(H,51,66)(H,52,68)/b45-11+/t17-,18-,19+,21-,22-,23-,24-,25-,26+,28-,29-,30+,31-,32-,41+/m0/s1. The molecule has 2 aliphatic rings. The Morgan fingerprint density at radius 1 is 0.806 bits per heavy atom. The zero-order valence-corrected chi connectivity index (χ0v) is 39.7. The second-order valence-corrected chi connectivity index (χ2v) is 17.0. The van der Waals surface area contributed by atoms with Gasteiger partial charge in [0.05, 0.1) is 38.9 Å². The summed E-state index contributed by atoms with van der Waals surface area (Å²) in [4.78, 5) is 131. The van der Waals surface area contributed by atoms with E-state index in [0.29, 0.717) is 18.3 Å². The molecule has 3 heterocycles. The molecular weight excluding hydrogens is 965 g/mol. The molecule has 0 radical (unpaired) electrons. The fourth-order valence-corrected chi connectivity index (χ4v) is 7.26. The van der Waals surface area contributed by atoms with Crippen LogP contribution in [0, 0.1) is 5.92 Å². The lowest BCUT2D eigenvalue weighted by Gasteiger charge is -2.38. The molecule has 1 aromatic rings. The van der Waals surface area contributed by atoms with Gasteiger partial charge in [0.1, 0.15) is 79.0 Å². The van der Waals surface area contributed by atoms with E-state index >= 15 is 0 Å². The highest BCUT2D eigenvalue weighted by atomic mass is 16.8. The Kier molecular flexibility index (Phi) is 23.7. The summed E-state index contributed by atoms with van der Waals surface area (Å²) >= 11 is 0. The Morgan fingerprint density at radius 3 is 1.96 bits per heavy atom. The zero-order valence-electron chi connectivity index (χ0n) is 39.7. The molecule has 0 saturated carbocycles. The first-order valence-electron chi connectivity index (χ1n) is 22.7. The van der Waals surface area contributed by atoms with Crippen LogP contribution in [0.15, 0.2) is 17.7 Å². The van der Waals surface area contributed by atoms with E-state index in [2.05, 4.69) is 47.0 Å². The number of oxime groups is 1. The summed E-state index contributed by atoms with van der Waals surface area (Å²) < 4.78 is 5.08. The summed E-state index contributed by atoms with van der Waals surface area (Å²) in [7, 11) is 0. The molecule has 2 aliphatic heterocycles. The summed E-state index contributed by atoms with van der Waals surface area (Å²) in [6.45, 7) is 2.06. The number of hydrogen-bond donors (Lipinski definition) is 17. The van der Waals surface area contributed by atoms with Crippen LogP contribution in [0.2, 0.25) is 0 Å². The molecule has 2 fully saturated rings. The predicted molar refractivity (Wildman–Crippen MR) is 241 cm³/mol. The van der Waals surface area contributed by atoms with Crippen LogP contribution in [0.1, 0.15) is 52.7 Å². The molecule has 1 aromatic heterocycles. The number of likely N-dealkylation sites (tertiary alicyclic amines) is 1. The molecule has 0 unspecified atom stereocenters. The van der Waals surface area contributed by atoms with Crippen molar-refractivity contribution in [1.82, 2.24) is 52.1 Å². The van der Waals surface area contributed by atoms with Crippen LogP contribution in [0.5, 0.6) is 0 Å². The Labute approximate surface area is 411 Å². The highest BCUT2D eigenvalue weighted by Crippen LogP contribution is 2.22. The van der Waals surface area contributed by atoms with Gasteiger partial charge in [-0.15, -0.1) is 0 Å². The molecule has 9 amide bonds. The van der Waals surface area contributed by atoms with Gasteiger partial charge in [-0.05, 0) is 32.6 Å². The first kappa shape index (κ1) is 59.9. The van der Waals surface area contributed by atoms with Crippen LogP contribution in [0.4, 0.5) is 0 Å². The van der Waals surface area contributed by atoms with Gasteiger partial charge >= 0.3 is 0 Å². The summed E-state index contributed by atoms with van der Waals surface area (Å²) in [6.07, 6.45) is -6.48. The third kappa shape index (κ3) is 16.6. The van der Waals surface area contributed by atoms with Crippen molar-refractivity contribution in [3.8, 4) is 0 Å². The zero-order chi connectivity index (χ0) is 54.0. The van der Waals surface area contributed by atoms with Crippen molar-refractivity contribution in [2.24, 2.45) is 16.8 Å². The third-order valence-electron chi connectivity index (χ3n) is 11.7. The molecule has 0 spiro atoms. The van der Waals surface area contributed by atoms with Crippen LogP contribution in [0.25, 0.3) is 0 Å². The number of imidazole rings is 1. The van der Waals surface area contributed by atoms with Gasteiger partial charge < -0.3 is 103 Å². The number of hydrogen-bond acceptors (Lipinski definition) is 21. The van der Waals surface area contributed by atoms with Gasteiger partial charge in [0.25, 0.3) is 12.2 Å². The largest absolute Gasteiger partial charge is 0.394 e. The van der Waals surface area contributed by atoms with E-state index in [1.165, 1.54) is 31.3 Å². The highest BCUT2D eigenvalue weighted by molar-refractivity contribution is 6.26. The van der Waals surface area contributed by atoms with Crippen molar-refractivity contribution in [3.05, 3.63) is 18.2 Å². The third-order valence-corrected chi connectivity index (χ3v) is 11.7. The number of nitrogens with one attached hydrogen (secondary N) is 8. The summed E-state index contributed by atoms with van der Waals surface area (Å²) in [5.74, 6) is -9.76. The molecule has 18 N–H and O–H groups in total. The molecule has 0 aliphatic carbocycles. The first-order valence-corrected chi connectivity index (χ1v) is 22.7. The second-order valence-electron chi connectivity index (χ2n) is 17.0. The van der Waals surface area contributed by atoms with E-state index in [9.17, 15) is 84.0 Å². The van der Waals surface area contributed by atoms with Gasteiger partial charge in [-0.3, -0.25) is 43.2 Å². The Bertz CT molecular complexity index is 2050. The molecule has 31 nitrogen and oxygen atoms in total. The smallest absolute Gasteiger partial charge is 0.266 e. The van der Waals surface area contributed by atoms with E-state index in [-0.39, 0.29) is 25.8 Å². The van der Waals surface area contributed by atoms with Crippen LogP contribution < -0.4 is 43.0 Å². The quantitative estimate of drug-likeness (QED) is 0.0287. The number of ether oxygens (including phenoxy) is 1. The SMILES string of the molecule is CC[C@H](C)[C@H](NC(=O)[C@H](CO)NC(=O)[C@H](CO)NC(=O)/C=N/O[C@H]1O[C@H](CO)[C@@H](O)[C@H](O)[C@@H]1O)C(=O)N[C@H](C(=O)N[C@@H](Cc1cnc[nH]1)C(=O)N[C@@H](C)C(=O)N1CCC[C@H]1C(=O)N[C@@H](CO)C(N)=O)[C@@H](C)O. The highest BCUT2D eigenvalue weighted by Gasteiger charge is 2.45. The minimum Gasteiger partial charge on any atom is -0.394 e. The maximum absolute atomic E-state index is 13.9. The molecule has 0 aromatic carbocycles. The number of carbonyl (C=O) groups is 9. The molecular formula is C41H66N12O19. The molecule has 0 bridgehead atoms. The van der Waals surface area contributed by atoms with E-state index in [1.54, 1.807) is 6.92 Å². The summed E-state index contributed by atoms with van der Waals surface area (Å²) in [6, 6.07) is -12.1. The van der Waals surface area contributed by atoms with Crippen LogP contribution in [-0.4, -0.2) is 233 Å². The van der Waals surface area contributed by atoms with Gasteiger partial charge in [-0.2, -0.15) is 0 Å². The van der Waals surface area contributed by atoms with Crippen LogP contribution >= 0.6 is 0 Å². The number of rotatable bonds is 27. The first-order chi connectivity index (χ1) is 34.0. The number of aromatic nitrogens is 2. The number of carbonyl (C=O) groups excluding carboxylic acids is 9. The van der Waals surface area contributed by atoms with Gasteiger partial charge in [0, 0.05) is 24.9 Å². The second kappa shape index (κ2) is 28.6.